The summed E-state index contributed by atoms with van der Waals surface area (Å²) < 4.78 is 38.1. The number of esters is 5. The highest BCUT2D eigenvalue weighted by molar-refractivity contribution is 5.91. The third-order valence-corrected chi connectivity index (χ3v) is 10.6. The van der Waals surface area contributed by atoms with Crippen LogP contribution in [-0.4, -0.2) is 72.1 Å². The van der Waals surface area contributed by atoms with Crippen LogP contribution in [-0.2, 0) is 38.0 Å². The summed E-state index contributed by atoms with van der Waals surface area (Å²) in [7, 11) is 0. The summed E-state index contributed by atoms with van der Waals surface area (Å²) >= 11 is 0. The Hall–Kier alpha value is -5.03. The topological polar surface area (TPSA) is 141 Å². The van der Waals surface area contributed by atoms with Gasteiger partial charge >= 0.3 is 29.8 Å². The Labute approximate surface area is 296 Å². The van der Waals surface area contributed by atoms with Crippen molar-refractivity contribution in [2.24, 2.45) is 17.3 Å². The van der Waals surface area contributed by atoms with E-state index in [1.807, 2.05) is 20.8 Å². The number of fused-ring (bicyclic) bond motifs is 1. The fraction of sp³-hybridized carbons (Fsp3) is 0.425. The molecule has 11 heteroatoms. The van der Waals surface area contributed by atoms with Gasteiger partial charge < -0.3 is 28.4 Å². The number of carbonyl (C=O) groups excluding carboxylic acids is 5. The molecule has 11 nitrogen and oxygen atoms in total. The zero-order chi connectivity index (χ0) is 36.6. The fourth-order valence-corrected chi connectivity index (χ4v) is 8.58. The van der Waals surface area contributed by atoms with Crippen molar-refractivity contribution in [2.45, 2.75) is 83.1 Å². The van der Waals surface area contributed by atoms with E-state index in [4.69, 9.17) is 28.4 Å². The molecule has 0 radical (unpaired) electrons. The highest BCUT2D eigenvalue weighted by Crippen LogP contribution is 2.68. The minimum atomic E-state index is -1.77. The zero-order valence-corrected chi connectivity index (χ0v) is 29.2. The Kier molecular flexibility index (Phi) is 9.78. The van der Waals surface area contributed by atoms with Gasteiger partial charge in [0.25, 0.3) is 0 Å². The second kappa shape index (κ2) is 13.9. The summed E-state index contributed by atoms with van der Waals surface area (Å²) in [5.74, 6) is -4.48. The molecular formula is C40H42O11. The van der Waals surface area contributed by atoms with Gasteiger partial charge in [0.2, 0.25) is 0 Å². The SMILES string of the molecule is CC(=O)OC1CC(C)C23OC(C)(C)C(CC(OC(=O)c4ccccc4)C2(COC(=O)c2ccccc2)C1OC(C)=O)C3OC(=O)c1ccccc1. The first-order valence-electron chi connectivity index (χ1n) is 17.1. The summed E-state index contributed by atoms with van der Waals surface area (Å²) in [5, 5.41) is 0. The fourth-order valence-electron chi connectivity index (χ4n) is 8.58. The molecule has 1 heterocycles. The Morgan fingerprint density at radius 3 is 1.65 bits per heavy atom. The Morgan fingerprint density at radius 2 is 1.14 bits per heavy atom. The first-order valence-corrected chi connectivity index (χ1v) is 17.1. The van der Waals surface area contributed by atoms with Crippen molar-refractivity contribution < 1.29 is 52.4 Å². The number of hydrogen-bond acceptors (Lipinski definition) is 11. The van der Waals surface area contributed by atoms with Gasteiger partial charge in [0.15, 0.2) is 6.10 Å². The Bertz CT molecular complexity index is 1780. The molecule has 3 aromatic carbocycles. The normalized spacial score (nSPS) is 30.2. The summed E-state index contributed by atoms with van der Waals surface area (Å²) in [6.45, 7) is 7.52. The molecule has 0 aromatic heterocycles. The molecule has 51 heavy (non-hydrogen) atoms. The number of benzene rings is 3. The second-order valence-corrected chi connectivity index (χ2v) is 14.1. The van der Waals surface area contributed by atoms with Gasteiger partial charge in [0.05, 0.1) is 22.3 Å². The van der Waals surface area contributed by atoms with E-state index in [1.54, 1.807) is 91.0 Å². The molecule has 1 aliphatic heterocycles. The Balaban J connectivity index is 1.58. The standard InChI is InChI=1S/C40H42O11/c1-24-21-31(47-25(2)41)34(48-26(3)42)39(23-46-35(43)27-15-9-6-10-16-27)32(49-36(44)28-17-11-7-12-18-28)22-30-33(40(24,39)51-38(30,4)5)50-37(45)29-19-13-8-14-20-29/h6-20,24,30-34H,21-23H2,1-5H3. The molecule has 2 bridgehead atoms. The maximum Gasteiger partial charge on any atom is 0.338 e. The zero-order valence-electron chi connectivity index (χ0n) is 29.2. The van der Waals surface area contributed by atoms with Crippen LogP contribution < -0.4 is 0 Å². The summed E-state index contributed by atoms with van der Waals surface area (Å²) in [6.07, 6.45) is -4.44. The average Bonchev–Trinajstić information content (AvgIpc) is 3.28. The smallest absolute Gasteiger partial charge is 0.338 e. The highest BCUT2D eigenvalue weighted by atomic mass is 16.6. The number of ether oxygens (including phenoxy) is 6. The van der Waals surface area contributed by atoms with Crippen molar-refractivity contribution in [3.05, 3.63) is 108 Å². The molecule has 3 aromatic rings. The predicted octanol–water partition coefficient (Wildman–Crippen LogP) is 5.75. The molecule has 1 spiro atoms. The lowest BCUT2D eigenvalue weighted by atomic mass is 9.47. The number of hydrogen-bond donors (Lipinski definition) is 0. The van der Waals surface area contributed by atoms with Crippen molar-refractivity contribution in [1.82, 2.24) is 0 Å². The van der Waals surface area contributed by atoms with E-state index in [2.05, 4.69) is 0 Å². The molecule has 2 aliphatic carbocycles. The van der Waals surface area contributed by atoms with Gasteiger partial charge in [-0.15, -0.1) is 0 Å². The maximum absolute atomic E-state index is 13.9. The summed E-state index contributed by atoms with van der Waals surface area (Å²) in [4.78, 5) is 67.2. The van der Waals surface area contributed by atoms with E-state index in [0.717, 1.165) is 0 Å². The number of carbonyl (C=O) groups is 5. The van der Waals surface area contributed by atoms with E-state index in [1.165, 1.54) is 13.8 Å². The van der Waals surface area contributed by atoms with E-state index in [9.17, 15) is 24.0 Å². The molecule has 6 rings (SSSR count). The van der Waals surface area contributed by atoms with Crippen LogP contribution in [0.1, 0.15) is 78.5 Å². The molecule has 0 amide bonds. The lowest BCUT2D eigenvalue weighted by Crippen LogP contribution is -2.78. The highest BCUT2D eigenvalue weighted by Gasteiger charge is 2.83. The van der Waals surface area contributed by atoms with Crippen LogP contribution in [0.25, 0.3) is 0 Å². The largest absolute Gasteiger partial charge is 0.461 e. The molecule has 8 unspecified atom stereocenters. The first kappa shape index (κ1) is 35.8. The van der Waals surface area contributed by atoms with Crippen LogP contribution >= 0.6 is 0 Å². The van der Waals surface area contributed by atoms with Crippen molar-refractivity contribution >= 4 is 29.8 Å². The van der Waals surface area contributed by atoms with Gasteiger partial charge in [-0.25, -0.2) is 14.4 Å². The Morgan fingerprint density at radius 1 is 0.647 bits per heavy atom. The van der Waals surface area contributed by atoms with Gasteiger partial charge in [-0.2, -0.15) is 0 Å². The van der Waals surface area contributed by atoms with E-state index >= 15 is 0 Å². The maximum atomic E-state index is 13.9. The lowest BCUT2D eigenvalue weighted by Gasteiger charge is -2.63. The lowest BCUT2D eigenvalue weighted by molar-refractivity contribution is -0.316. The summed E-state index contributed by atoms with van der Waals surface area (Å²) in [6, 6.07) is 25.2. The minimum Gasteiger partial charge on any atom is -0.461 e. The van der Waals surface area contributed by atoms with Crippen molar-refractivity contribution in [2.75, 3.05) is 6.61 Å². The predicted molar refractivity (Wildman–Crippen MR) is 181 cm³/mol. The van der Waals surface area contributed by atoms with Gasteiger partial charge in [0.1, 0.15) is 35.9 Å². The average molecular weight is 699 g/mol. The van der Waals surface area contributed by atoms with Crippen LogP contribution in [0, 0.1) is 17.3 Å². The van der Waals surface area contributed by atoms with Crippen molar-refractivity contribution in [3.63, 3.8) is 0 Å². The molecule has 1 saturated heterocycles. The second-order valence-electron chi connectivity index (χ2n) is 14.1. The van der Waals surface area contributed by atoms with Crippen LogP contribution in [0.4, 0.5) is 0 Å². The van der Waals surface area contributed by atoms with Gasteiger partial charge in [-0.05, 0) is 69.0 Å². The quantitative estimate of drug-likeness (QED) is 0.199. The van der Waals surface area contributed by atoms with E-state index in [-0.39, 0.29) is 24.0 Å². The molecule has 2 saturated carbocycles. The van der Waals surface area contributed by atoms with E-state index < -0.39 is 89.3 Å². The summed E-state index contributed by atoms with van der Waals surface area (Å²) in [5.41, 5.74) is -3.54. The van der Waals surface area contributed by atoms with Crippen molar-refractivity contribution in [1.29, 1.82) is 0 Å². The third-order valence-electron chi connectivity index (χ3n) is 10.6. The van der Waals surface area contributed by atoms with E-state index in [0.29, 0.717) is 5.56 Å². The first-order chi connectivity index (χ1) is 24.3. The molecular weight excluding hydrogens is 656 g/mol. The molecule has 0 N–H and O–H groups in total. The molecule has 3 fully saturated rings. The molecule has 3 aliphatic rings. The monoisotopic (exact) mass is 698 g/mol. The number of rotatable bonds is 9. The van der Waals surface area contributed by atoms with Gasteiger partial charge in [-0.3, -0.25) is 9.59 Å². The third kappa shape index (κ3) is 6.39. The van der Waals surface area contributed by atoms with Crippen LogP contribution in [0.2, 0.25) is 0 Å². The van der Waals surface area contributed by atoms with Crippen molar-refractivity contribution in [3.8, 4) is 0 Å². The van der Waals surface area contributed by atoms with Gasteiger partial charge in [-0.1, -0.05) is 61.5 Å². The van der Waals surface area contributed by atoms with Crippen LogP contribution in [0.3, 0.4) is 0 Å². The molecule has 268 valence electrons. The minimum absolute atomic E-state index is 0.0558. The van der Waals surface area contributed by atoms with Crippen LogP contribution in [0.5, 0.6) is 0 Å². The van der Waals surface area contributed by atoms with Gasteiger partial charge in [0, 0.05) is 19.8 Å². The van der Waals surface area contributed by atoms with Crippen LogP contribution in [0.15, 0.2) is 91.0 Å². The molecule has 8 atom stereocenters.